The summed E-state index contributed by atoms with van der Waals surface area (Å²) in [5.41, 5.74) is 0. The Kier molecular flexibility index (Phi) is 5.30. The van der Waals surface area contributed by atoms with Crippen molar-refractivity contribution in [2.75, 3.05) is 19.6 Å². The van der Waals surface area contributed by atoms with Crippen LogP contribution >= 0.6 is 0 Å². The van der Waals surface area contributed by atoms with E-state index in [0.29, 0.717) is 5.78 Å². The van der Waals surface area contributed by atoms with Crippen LogP contribution in [0.25, 0.3) is 0 Å². The fraction of sp³-hybridized carbons (Fsp3) is 0.923. The van der Waals surface area contributed by atoms with Gasteiger partial charge < -0.3 is 4.90 Å². The lowest BCUT2D eigenvalue weighted by atomic mass is 9.90. The third-order valence-electron chi connectivity index (χ3n) is 3.60. The second kappa shape index (κ2) is 6.26. The molecule has 2 heteroatoms. The van der Waals surface area contributed by atoms with Crippen molar-refractivity contribution < 1.29 is 4.79 Å². The van der Waals surface area contributed by atoms with E-state index in [1.807, 2.05) is 13.8 Å². The second-order valence-electron chi connectivity index (χ2n) is 5.04. The lowest BCUT2D eigenvalue weighted by molar-refractivity contribution is -0.122. The third kappa shape index (κ3) is 4.33. The molecule has 0 bridgehead atoms. The van der Waals surface area contributed by atoms with E-state index in [1.165, 1.54) is 32.5 Å². The fourth-order valence-electron chi connectivity index (χ4n) is 2.23. The van der Waals surface area contributed by atoms with Crippen LogP contribution in [-0.4, -0.2) is 30.3 Å². The Morgan fingerprint density at radius 3 is 2.40 bits per heavy atom. The maximum absolute atomic E-state index is 11.5. The molecule has 0 radical (unpaired) electrons. The molecular weight excluding hydrogens is 186 g/mol. The highest BCUT2D eigenvalue weighted by atomic mass is 16.1. The van der Waals surface area contributed by atoms with Crippen LogP contribution in [0.1, 0.15) is 46.5 Å². The molecule has 2 nitrogen and oxygen atoms in total. The maximum atomic E-state index is 11.5. The summed E-state index contributed by atoms with van der Waals surface area (Å²) in [5, 5.41) is 0. The first-order chi connectivity index (χ1) is 7.13. The van der Waals surface area contributed by atoms with Crippen LogP contribution in [0.3, 0.4) is 0 Å². The summed E-state index contributed by atoms with van der Waals surface area (Å²) in [4.78, 5) is 14.0. The molecule has 0 atom stereocenters. The molecule has 0 spiro atoms. The van der Waals surface area contributed by atoms with E-state index in [4.69, 9.17) is 0 Å². The number of carbonyl (C=O) groups excluding carboxylic acids is 1. The summed E-state index contributed by atoms with van der Waals surface area (Å²) in [6, 6.07) is 0. The number of piperidine rings is 1. The number of ketones is 1. The van der Waals surface area contributed by atoms with Gasteiger partial charge in [-0.3, -0.25) is 4.79 Å². The molecule has 0 aromatic rings. The second-order valence-corrected chi connectivity index (χ2v) is 5.04. The Hall–Kier alpha value is -0.370. The summed E-state index contributed by atoms with van der Waals surface area (Å²) in [6.07, 6.45) is 4.50. The van der Waals surface area contributed by atoms with Gasteiger partial charge in [-0.1, -0.05) is 20.8 Å². The predicted molar refractivity (Wildman–Crippen MR) is 63.9 cm³/mol. The Morgan fingerprint density at radius 2 is 1.93 bits per heavy atom. The van der Waals surface area contributed by atoms with Gasteiger partial charge in [0.25, 0.3) is 0 Å². The number of carbonyl (C=O) groups is 1. The molecule has 1 rings (SSSR count). The van der Waals surface area contributed by atoms with E-state index >= 15 is 0 Å². The average Bonchev–Trinajstić information content (AvgIpc) is 2.26. The fourth-order valence-corrected chi connectivity index (χ4v) is 2.23. The number of hydrogen-bond acceptors (Lipinski definition) is 2. The molecule has 0 aliphatic carbocycles. The number of hydrogen-bond donors (Lipinski definition) is 0. The first-order valence-electron chi connectivity index (χ1n) is 6.38. The lowest BCUT2D eigenvalue weighted by Crippen LogP contribution is -2.33. The quantitative estimate of drug-likeness (QED) is 0.697. The molecule has 0 unspecified atom stereocenters. The van der Waals surface area contributed by atoms with Gasteiger partial charge in [0.15, 0.2) is 0 Å². The van der Waals surface area contributed by atoms with E-state index in [9.17, 15) is 4.79 Å². The van der Waals surface area contributed by atoms with Gasteiger partial charge in [0, 0.05) is 12.3 Å². The topological polar surface area (TPSA) is 20.3 Å². The first-order valence-corrected chi connectivity index (χ1v) is 6.38. The normalized spacial score (nSPS) is 19.7. The van der Waals surface area contributed by atoms with Gasteiger partial charge in [0.05, 0.1) is 0 Å². The van der Waals surface area contributed by atoms with Crippen molar-refractivity contribution >= 4 is 5.78 Å². The van der Waals surface area contributed by atoms with Crippen molar-refractivity contribution in [3.05, 3.63) is 0 Å². The minimum Gasteiger partial charge on any atom is -0.304 e. The SMILES string of the molecule is CCN1CCC(CCC(=O)C(C)C)CC1. The summed E-state index contributed by atoms with van der Waals surface area (Å²) in [6.45, 7) is 9.87. The zero-order valence-corrected chi connectivity index (χ0v) is 10.5. The predicted octanol–water partition coefficient (Wildman–Crippen LogP) is 2.72. The average molecular weight is 211 g/mol. The van der Waals surface area contributed by atoms with Crippen LogP contribution in [0.5, 0.6) is 0 Å². The van der Waals surface area contributed by atoms with E-state index in [0.717, 1.165) is 18.8 Å². The van der Waals surface area contributed by atoms with Crippen molar-refractivity contribution in [2.24, 2.45) is 11.8 Å². The van der Waals surface area contributed by atoms with Crippen molar-refractivity contribution in [1.82, 2.24) is 4.90 Å². The molecule has 1 aliphatic rings. The smallest absolute Gasteiger partial charge is 0.135 e. The van der Waals surface area contributed by atoms with Crippen LogP contribution in [0.2, 0.25) is 0 Å². The van der Waals surface area contributed by atoms with Crippen molar-refractivity contribution in [3.63, 3.8) is 0 Å². The van der Waals surface area contributed by atoms with Crippen LogP contribution < -0.4 is 0 Å². The van der Waals surface area contributed by atoms with Crippen LogP contribution in [0, 0.1) is 11.8 Å². The van der Waals surface area contributed by atoms with Gasteiger partial charge in [-0.05, 0) is 44.8 Å². The summed E-state index contributed by atoms with van der Waals surface area (Å²) >= 11 is 0. The molecule has 0 saturated carbocycles. The molecule has 1 fully saturated rings. The maximum Gasteiger partial charge on any atom is 0.135 e. The number of Topliss-reactive ketones (excluding diaryl/α,β-unsaturated/α-hetero) is 1. The number of rotatable bonds is 5. The highest BCUT2D eigenvalue weighted by molar-refractivity contribution is 5.80. The molecule has 1 heterocycles. The van der Waals surface area contributed by atoms with Crippen molar-refractivity contribution in [3.8, 4) is 0 Å². The van der Waals surface area contributed by atoms with Gasteiger partial charge in [-0.25, -0.2) is 0 Å². The molecule has 88 valence electrons. The van der Waals surface area contributed by atoms with Crippen molar-refractivity contribution in [2.45, 2.75) is 46.5 Å². The summed E-state index contributed by atoms with van der Waals surface area (Å²) in [5.74, 6) is 1.46. The molecule has 1 saturated heterocycles. The van der Waals surface area contributed by atoms with Crippen LogP contribution in [0.15, 0.2) is 0 Å². The lowest BCUT2D eigenvalue weighted by Gasteiger charge is -2.30. The summed E-state index contributed by atoms with van der Waals surface area (Å²) in [7, 11) is 0. The largest absolute Gasteiger partial charge is 0.304 e. The Bertz CT molecular complexity index is 193. The van der Waals surface area contributed by atoms with Gasteiger partial charge in [-0.15, -0.1) is 0 Å². The Balaban J connectivity index is 2.16. The van der Waals surface area contributed by atoms with E-state index in [-0.39, 0.29) is 5.92 Å². The van der Waals surface area contributed by atoms with Gasteiger partial charge in [0.1, 0.15) is 5.78 Å². The van der Waals surface area contributed by atoms with Crippen LogP contribution in [-0.2, 0) is 4.79 Å². The molecular formula is C13H25NO. The van der Waals surface area contributed by atoms with E-state index in [2.05, 4.69) is 11.8 Å². The first kappa shape index (κ1) is 12.7. The van der Waals surface area contributed by atoms with E-state index < -0.39 is 0 Å². The minimum absolute atomic E-state index is 0.223. The van der Waals surface area contributed by atoms with Crippen LogP contribution in [0.4, 0.5) is 0 Å². The zero-order valence-electron chi connectivity index (χ0n) is 10.5. The standard InChI is InChI=1S/C13H25NO/c1-4-14-9-7-12(8-10-14)5-6-13(15)11(2)3/h11-12H,4-10H2,1-3H3. The number of nitrogens with zero attached hydrogens (tertiary/aromatic N) is 1. The molecule has 15 heavy (non-hydrogen) atoms. The monoisotopic (exact) mass is 211 g/mol. The minimum atomic E-state index is 0.223. The summed E-state index contributed by atoms with van der Waals surface area (Å²) < 4.78 is 0. The number of likely N-dealkylation sites (tertiary alicyclic amines) is 1. The highest BCUT2D eigenvalue weighted by Crippen LogP contribution is 2.22. The van der Waals surface area contributed by atoms with E-state index in [1.54, 1.807) is 0 Å². The van der Waals surface area contributed by atoms with Crippen molar-refractivity contribution in [1.29, 1.82) is 0 Å². The zero-order chi connectivity index (χ0) is 11.3. The molecule has 0 N–H and O–H groups in total. The molecule has 0 amide bonds. The molecule has 1 aliphatic heterocycles. The van der Waals surface area contributed by atoms with Gasteiger partial charge >= 0.3 is 0 Å². The third-order valence-corrected chi connectivity index (χ3v) is 3.60. The molecule has 0 aromatic heterocycles. The van der Waals surface area contributed by atoms with Gasteiger partial charge in [-0.2, -0.15) is 0 Å². The molecule has 0 aromatic carbocycles. The Morgan fingerprint density at radius 1 is 1.33 bits per heavy atom. The highest BCUT2D eigenvalue weighted by Gasteiger charge is 2.19. The Labute approximate surface area is 94.0 Å². The van der Waals surface area contributed by atoms with Gasteiger partial charge in [0.2, 0.25) is 0 Å².